The van der Waals surface area contributed by atoms with E-state index in [9.17, 15) is 24.8 Å². The fraction of sp³-hybridized carbons (Fsp3) is 0.391. The summed E-state index contributed by atoms with van der Waals surface area (Å²) in [6, 6.07) is 12.5. The van der Waals surface area contributed by atoms with Crippen LogP contribution in [0.1, 0.15) is 29.7 Å². The van der Waals surface area contributed by atoms with Gasteiger partial charge >= 0.3 is 0 Å². The molecule has 1 fully saturated rings. The topological polar surface area (TPSA) is 95.1 Å². The molecular weight excluding hydrogens is 389 g/mol. The zero-order valence-electron chi connectivity index (χ0n) is 16.6. The molecular formula is C23H26FNO5. The van der Waals surface area contributed by atoms with Crippen molar-refractivity contribution in [2.75, 3.05) is 6.61 Å². The van der Waals surface area contributed by atoms with Crippen molar-refractivity contribution in [3.63, 3.8) is 0 Å². The number of aliphatic hydroxyl groups is 4. The standard InChI is InChI=1S/C23H26FNO5/c1-2-13-3-5-14(6-4-13)10-25-11-17(16-8-7-15(24)9-18(16)25)23-22(29)21(28)20(27)19(12-26)30-23/h3-9,11,19-23,26-29H,2,10,12H2,1H3/t19-,20-,21+,22-,23+/m1/s1. The van der Waals surface area contributed by atoms with E-state index in [1.165, 1.54) is 17.7 Å². The van der Waals surface area contributed by atoms with Crippen LogP contribution in [0.2, 0.25) is 0 Å². The molecule has 160 valence electrons. The summed E-state index contributed by atoms with van der Waals surface area (Å²) in [6.45, 7) is 2.07. The van der Waals surface area contributed by atoms with Crippen LogP contribution in [0.5, 0.6) is 0 Å². The minimum Gasteiger partial charge on any atom is -0.394 e. The van der Waals surface area contributed by atoms with E-state index in [0.717, 1.165) is 12.0 Å². The number of aromatic nitrogens is 1. The average molecular weight is 415 g/mol. The van der Waals surface area contributed by atoms with Gasteiger partial charge < -0.3 is 29.7 Å². The quantitative estimate of drug-likeness (QED) is 0.511. The van der Waals surface area contributed by atoms with E-state index in [2.05, 4.69) is 19.1 Å². The second kappa shape index (κ2) is 8.45. The number of hydrogen-bond donors (Lipinski definition) is 4. The smallest absolute Gasteiger partial charge is 0.125 e. The van der Waals surface area contributed by atoms with Crippen LogP contribution in [0, 0.1) is 5.82 Å². The van der Waals surface area contributed by atoms with Gasteiger partial charge in [-0.25, -0.2) is 4.39 Å². The molecule has 7 heteroatoms. The van der Waals surface area contributed by atoms with Crippen molar-refractivity contribution in [2.24, 2.45) is 0 Å². The Morgan fingerprint density at radius 3 is 2.33 bits per heavy atom. The molecule has 0 spiro atoms. The fourth-order valence-corrected chi connectivity index (χ4v) is 4.09. The maximum atomic E-state index is 14.0. The number of aryl methyl sites for hydroxylation is 1. The first-order valence-electron chi connectivity index (χ1n) is 10.1. The van der Waals surface area contributed by atoms with Gasteiger partial charge in [-0.2, -0.15) is 0 Å². The highest BCUT2D eigenvalue weighted by Gasteiger charge is 2.44. The molecule has 3 aromatic rings. The van der Waals surface area contributed by atoms with E-state index in [0.29, 0.717) is 23.0 Å². The third-order valence-corrected chi connectivity index (χ3v) is 5.86. The molecule has 6 nitrogen and oxygen atoms in total. The molecule has 1 aliphatic rings. The summed E-state index contributed by atoms with van der Waals surface area (Å²) in [5.41, 5.74) is 3.45. The first-order valence-corrected chi connectivity index (χ1v) is 10.1. The molecule has 1 aromatic heterocycles. The van der Waals surface area contributed by atoms with Crippen molar-refractivity contribution in [1.29, 1.82) is 0 Å². The Kier molecular flexibility index (Phi) is 5.90. The SMILES string of the molecule is CCc1ccc(Cn2cc([C@@H]3O[C@H](CO)[C@@H](O)[C@H](O)[C@H]3O)c3ccc(F)cc32)cc1. The molecule has 1 aliphatic heterocycles. The maximum Gasteiger partial charge on any atom is 0.125 e. The molecule has 4 rings (SSSR count). The third kappa shape index (κ3) is 3.75. The summed E-state index contributed by atoms with van der Waals surface area (Å²) >= 11 is 0. The molecule has 2 aromatic carbocycles. The summed E-state index contributed by atoms with van der Waals surface area (Å²) < 4.78 is 21.6. The number of fused-ring (bicyclic) bond motifs is 1. The summed E-state index contributed by atoms with van der Waals surface area (Å²) in [5, 5.41) is 41.0. The minimum absolute atomic E-state index is 0.386. The van der Waals surface area contributed by atoms with Crippen molar-refractivity contribution < 1.29 is 29.6 Å². The third-order valence-electron chi connectivity index (χ3n) is 5.86. The molecule has 0 amide bonds. The average Bonchev–Trinajstić information content (AvgIpc) is 3.10. The normalized spacial score (nSPS) is 26.9. The lowest BCUT2D eigenvalue weighted by Crippen LogP contribution is -2.55. The Labute approximate surface area is 173 Å². The number of rotatable bonds is 5. The van der Waals surface area contributed by atoms with Crippen LogP contribution >= 0.6 is 0 Å². The lowest BCUT2D eigenvalue weighted by Gasteiger charge is -2.40. The van der Waals surface area contributed by atoms with Crippen LogP contribution in [-0.4, -0.2) is 56.0 Å². The zero-order chi connectivity index (χ0) is 21.4. The van der Waals surface area contributed by atoms with Gasteiger partial charge in [-0.3, -0.25) is 0 Å². The van der Waals surface area contributed by atoms with Crippen LogP contribution in [0.25, 0.3) is 10.9 Å². The molecule has 4 N–H and O–H groups in total. The molecule has 0 saturated carbocycles. The number of hydrogen-bond acceptors (Lipinski definition) is 5. The van der Waals surface area contributed by atoms with Crippen LogP contribution in [0.4, 0.5) is 4.39 Å². The zero-order valence-corrected chi connectivity index (χ0v) is 16.6. The van der Waals surface area contributed by atoms with Crippen molar-refractivity contribution in [2.45, 2.75) is 50.4 Å². The molecule has 5 atom stereocenters. The van der Waals surface area contributed by atoms with E-state index in [4.69, 9.17) is 4.74 Å². The Morgan fingerprint density at radius 2 is 1.67 bits per heavy atom. The van der Waals surface area contributed by atoms with Crippen molar-refractivity contribution in [3.05, 3.63) is 71.2 Å². The van der Waals surface area contributed by atoms with Crippen LogP contribution in [0.15, 0.2) is 48.7 Å². The first kappa shape index (κ1) is 21.0. The molecule has 30 heavy (non-hydrogen) atoms. The highest BCUT2D eigenvalue weighted by molar-refractivity contribution is 5.84. The van der Waals surface area contributed by atoms with Gasteiger partial charge in [0.2, 0.25) is 0 Å². The van der Waals surface area contributed by atoms with Gasteiger partial charge in [-0.15, -0.1) is 0 Å². The summed E-state index contributed by atoms with van der Waals surface area (Å²) in [4.78, 5) is 0. The summed E-state index contributed by atoms with van der Waals surface area (Å²) in [7, 11) is 0. The Hall–Kier alpha value is -2.29. The number of aliphatic hydroxyl groups excluding tert-OH is 4. The number of nitrogens with zero attached hydrogens (tertiary/aromatic N) is 1. The highest BCUT2D eigenvalue weighted by Crippen LogP contribution is 2.37. The molecule has 0 aliphatic carbocycles. The van der Waals surface area contributed by atoms with Crippen molar-refractivity contribution >= 4 is 10.9 Å². The largest absolute Gasteiger partial charge is 0.394 e. The number of benzene rings is 2. The van der Waals surface area contributed by atoms with Crippen molar-refractivity contribution in [1.82, 2.24) is 4.57 Å². The molecule has 0 bridgehead atoms. The Morgan fingerprint density at radius 1 is 0.967 bits per heavy atom. The number of ether oxygens (including phenoxy) is 1. The number of halogens is 1. The molecule has 0 unspecified atom stereocenters. The molecule has 0 radical (unpaired) electrons. The highest BCUT2D eigenvalue weighted by atomic mass is 19.1. The first-order chi connectivity index (χ1) is 14.4. The summed E-state index contributed by atoms with van der Waals surface area (Å²) in [6.07, 6.45) is -3.56. The monoisotopic (exact) mass is 415 g/mol. The molecule has 1 saturated heterocycles. The van der Waals surface area contributed by atoms with Gasteiger partial charge in [-0.05, 0) is 35.7 Å². The lowest BCUT2D eigenvalue weighted by atomic mass is 9.91. The lowest BCUT2D eigenvalue weighted by molar-refractivity contribution is -0.231. The molecule has 2 heterocycles. The van der Waals surface area contributed by atoms with Gasteiger partial charge in [0.05, 0.1) is 12.1 Å². The van der Waals surface area contributed by atoms with E-state index >= 15 is 0 Å². The Bertz CT molecular complexity index is 1020. The Balaban J connectivity index is 1.75. The van der Waals surface area contributed by atoms with Crippen LogP contribution in [0.3, 0.4) is 0 Å². The fourth-order valence-electron chi connectivity index (χ4n) is 4.09. The van der Waals surface area contributed by atoms with E-state index in [1.807, 2.05) is 16.7 Å². The van der Waals surface area contributed by atoms with Gasteiger partial charge in [-0.1, -0.05) is 31.2 Å². The van der Waals surface area contributed by atoms with Crippen LogP contribution in [-0.2, 0) is 17.7 Å². The van der Waals surface area contributed by atoms with Gasteiger partial charge in [0.25, 0.3) is 0 Å². The van der Waals surface area contributed by atoms with Crippen LogP contribution < -0.4 is 0 Å². The van der Waals surface area contributed by atoms with Gasteiger partial charge in [0.1, 0.15) is 36.3 Å². The summed E-state index contributed by atoms with van der Waals surface area (Å²) in [5.74, 6) is -0.386. The van der Waals surface area contributed by atoms with E-state index in [1.54, 1.807) is 12.3 Å². The van der Waals surface area contributed by atoms with Gasteiger partial charge in [0, 0.05) is 23.7 Å². The predicted molar refractivity (Wildman–Crippen MR) is 110 cm³/mol. The second-order valence-electron chi connectivity index (χ2n) is 7.79. The predicted octanol–water partition coefficient (Wildman–Crippen LogP) is 1.91. The van der Waals surface area contributed by atoms with Gasteiger partial charge in [0.15, 0.2) is 0 Å². The van der Waals surface area contributed by atoms with Crippen molar-refractivity contribution in [3.8, 4) is 0 Å². The van der Waals surface area contributed by atoms with E-state index in [-0.39, 0.29) is 5.82 Å². The maximum absolute atomic E-state index is 14.0. The second-order valence-corrected chi connectivity index (χ2v) is 7.79. The van der Waals surface area contributed by atoms with E-state index < -0.39 is 37.1 Å². The minimum atomic E-state index is -1.47.